The van der Waals surface area contributed by atoms with Crippen molar-refractivity contribution in [1.29, 1.82) is 0 Å². The van der Waals surface area contributed by atoms with E-state index in [9.17, 15) is 4.79 Å². The third kappa shape index (κ3) is 3.28. The Hall–Kier alpha value is -1.39. The van der Waals surface area contributed by atoms with Gasteiger partial charge in [-0.05, 0) is 18.4 Å². The molecule has 1 aliphatic rings. The van der Waals surface area contributed by atoms with Gasteiger partial charge in [-0.25, -0.2) is 5.01 Å². The van der Waals surface area contributed by atoms with Crippen LogP contribution in [0.4, 0.5) is 0 Å². The minimum absolute atomic E-state index is 0.127. The lowest BCUT2D eigenvalue weighted by Gasteiger charge is -2.28. The summed E-state index contributed by atoms with van der Waals surface area (Å²) in [4.78, 5) is 11.9. The summed E-state index contributed by atoms with van der Waals surface area (Å²) in [6.07, 6.45) is 3.53. The van der Waals surface area contributed by atoms with Crippen LogP contribution in [0.2, 0.25) is 0 Å². The van der Waals surface area contributed by atoms with E-state index in [1.54, 1.807) is 0 Å². The van der Waals surface area contributed by atoms with E-state index in [0.717, 1.165) is 31.5 Å². The van der Waals surface area contributed by atoms with Crippen molar-refractivity contribution in [1.82, 2.24) is 10.4 Å². The largest absolute Gasteiger partial charge is 0.316 e. The summed E-state index contributed by atoms with van der Waals surface area (Å²) in [6, 6.07) is 8.87. The summed E-state index contributed by atoms with van der Waals surface area (Å²) in [5.41, 5.74) is 9.65. The topological polar surface area (TPSA) is 58.4 Å². The highest BCUT2D eigenvalue weighted by molar-refractivity contribution is 5.82. The molecule has 17 heavy (non-hydrogen) atoms. The first-order valence-corrected chi connectivity index (χ1v) is 6.13. The van der Waals surface area contributed by atoms with E-state index in [0.29, 0.717) is 0 Å². The van der Waals surface area contributed by atoms with Gasteiger partial charge in [0.1, 0.15) is 6.04 Å². The molecule has 1 aromatic rings. The van der Waals surface area contributed by atoms with Gasteiger partial charge in [-0.3, -0.25) is 10.2 Å². The number of nitrogens with one attached hydrogen (secondary N) is 1. The first kappa shape index (κ1) is 12.1. The summed E-state index contributed by atoms with van der Waals surface area (Å²) in [7, 11) is 0. The number of nitrogens with two attached hydrogens (primary N) is 1. The number of hydrazine groups is 1. The number of piperidine rings is 1. The van der Waals surface area contributed by atoms with Gasteiger partial charge in [0.25, 0.3) is 5.91 Å². The zero-order valence-corrected chi connectivity index (χ0v) is 9.93. The molecule has 1 saturated heterocycles. The Morgan fingerprint density at radius 1 is 1.18 bits per heavy atom. The zero-order chi connectivity index (χ0) is 12.1. The molecule has 0 aromatic heterocycles. The molecule has 0 spiro atoms. The van der Waals surface area contributed by atoms with Crippen LogP contribution >= 0.6 is 0 Å². The van der Waals surface area contributed by atoms with Crippen LogP contribution in [0.25, 0.3) is 0 Å². The van der Waals surface area contributed by atoms with E-state index in [1.165, 1.54) is 6.42 Å². The van der Waals surface area contributed by atoms with Gasteiger partial charge in [-0.15, -0.1) is 0 Å². The van der Waals surface area contributed by atoms with Crippen LogP contribution in [0.3, 0.4) is 0 Å². The molecular formula is C13H19N3O. The molecule has 0 radical (unpaired) electrons. The van der Waals surface area contributed by atoms with Gasteiger partial charge in [0.15, 0.2) is 0 Å². The molecule has 0 aliphatic carbocycles. The van der Waals surface area contributed by atoms with Crippen LogP contribution in [-0.2, 0) is 4.79 Å². The molecule has 1 fully saturated rings. The number of nitrogens with zero attached hydrogens (tertiary/aromatic N) is 1. The smallest absolute Gasteiger partial charge is 0.255 e. The van der Waals surface area contributed by atoms with Crippen molar-refractivity contribution >= 4 is 5.91 Å². The number of rotatable bonds is 3. The Morgan fingerprint density at radius 3 is 2.47 bits per heavy atom. The van der Waals surface area contributed by atoms with Crippen LogP contribution in [0.5, 0.6) is 0 Å². The molecule has 0 unspecified atom stereocenters. The lowest BCUT2D eigenvalue weighted by atomic mass is 10.1. The molecule has 4 heteroatoms. The molecule has 1 aromatic carbocycles. The summed E-state index contributed by atoms with van der Waals surface area (Å²) >= 11 is 0. The van der Waals surface area contributed by atoms with Crippen molar-refractivity contribution < 1.29 is 4.79 Å². The number of amides is 1. The lowest BCUT2D eigenvalue weighted by molar-refractivity contribution is -0.127. The molecule has 4 nitrogen and oxygen atoms in total. The fourth-order valence-corrected chi connectivity index (χ4v) is 2.04. The van der Waals surface area contributed by atoms with Gasteiger partial charge in [-0.2, -0.15) is 0 Å². The first-order valence-electron chi connectivity index (χ1n) is 6.13. The Kier molecular flexibility index (Phi) is 4.12. The van der Waals surface area contributed by atoms with Crippen LogP contribution < -0.4 is 11.2 Å². The Balaban J connectivity index is 1.91. The molecule has 1 amide bonds. The zero-order valence-electron chi connectivity index (χ0n) is 9.93. The minimum atomic E-state index is -0.585. The third-order valence-corrected chi connectivity index (χ3v) is 3.07. The Bertz CT molecular complexity index is 360. The summed E-state index contributed by atoms with van der Waals surface area (Å²) < 4.78 is 0. The highest BCUT2D eigenvalue weighted by Gasteiger charge is 2.19. The first-order chi connectivity index (χ1) is 8.27. The minimum Gasteiger partial charge on any atom is -0.316 e. The summed E-state index contributed by atoms with van der Waals surface area (Å²) in [5, 5.41) is 1.97. The molecule has 0 saturated carbocycles. The van der Waals surface area contributed by atoms with E-state index >= 15 is 0 Å². The maximum Gasteiger partial charge on any atom is 0.255 e. The summed E-state index contributed by atoms with van der Waals surface area (Å²) in [6.45, 7) is 1.85. The molecule has 1 aliphatic heterocycles. The van der Waals surface area contributed by atoms with Crippen molar-refractivity contribution in [2.24, 2.45) is 5.73 Å². The predicted octanol–water partition coefficient (Wildman–Crippen LogP) is 1.20. The predicted molar refractivity (Wildman–Crippen MR) is 66.9 cm³/mol. The van der Waals surface area contributed by atoms with Gasteiger partial charge in [0.05, 0.1) is 0 Å². The molecule has 2 rings (SSSR count). The molecule has 3 N–H and O–H groups in total. The van der Waals surface area contributed by atoms with Gasteiger partial charge in [-0.1, -0.05) is 36.8 Å². The van der Waals surface area contributed by atoms with Gasteiger partial charge in [0.2, 0.25) is 0 Å². The van der Waals surface area contributed by atoms with Crippen molar-refractivity contribution in [3.8, 4) is 0 Å². The monoisotopic (exact) mass is 233 g/mol. The SMILES string of the molecule is N[C@@H](C(=O)NN1CCCCC1)c1ccccc1. The maximum absolute atomic E-state index is 11.9. The second-order valence-electron chi connectivity index (χ2n) is 4.41. The highest BCUT2D eigenvalue weighted by Crippen LogP contribution is 2.11. The van der Waals surface area contributed by atoms with Gasteiger partial charge in [0, 0.05) is 13.1 Å². The van der Waals surface area contributed by atoms with Crippen LogP contribution in [-0.4, -0.2) is 24.0 Å². The number of hydrogen-bond acceptors (Lipinski definition) is 3. The summed E-state index contributed by atoms with van der Waals surface area (Å²) in [5.74, 6) is -0.127. The standard InChI is InChI=1S/C13H19N3O/c14-12(11-7-3-1-4-8-11)13(17)15-16-9-5-2-6-10-16/h1,3-4,7-8,12H,2,5-6,9-10,14H2,(H,15,17)/t12-/m1/s1. The van der Waals surface area contributed by atoms with E-state index in [4.69, 9.17) is 5.73 Å². The number of carbonyl (C=O) groups excluding carboxylic acids is 1. The van der Waals surface area contributed by atoms with Crippen molar-refractivity contribution in [2.45, 2.75) is 25.3 Å². The van der Waals surface area contributed by atoms with Gasteiger partial charge < -0.3 is 5.73 Å². The second-order valence-corrected chi connectivity index (χ2v) is 4.41. The van der Waals surface area contributed by atoms with Crippen LogP contribution in [0.15, 0.2) is 30.3 Å². The van der Waals surface area contributed by atoms with E-state index in [1.807, 2.05) is 35.3 Å². The molecule has 0 bridgehead atoms. The Labute approximate surface area is 102 Å². The maximum atomic E-state index is 11.9. The van der Waals surface area contributed by atoms with Crippen LogP contribution in [0, 0.1) is 0 Å². The third-order valence-electron chi connectivity index (χ3n) is 3.07. The lowest BCUT2D eigenvalue weighted by Crippen LogP contribution is -2.48. The number of benzene rings is 1. The molecule has 1 heterocycles. The van der Waals surface area contributed by atoms with E-state index in [-0.39, 0.29) is 5.91 Å². The average Bonchev–Trinajstić information content (AvgIpc) is 2.40. The van der Waals surface area contributed by atoms with Crippen LogP contribution in [0.1, 0.15) is 30.9 Å². The van der Waals surface area contributed by atoms with E-state index < -0.39 is 6.04 Å². The van der Waals surface area contributed by atoms with E-state index in [2.05, 4.69) is 5.43 Å². The van der Waals surface area contributed by atoms with Gasteiger partial charge >= 0.3 is 0 Å². The number of hydrogen-bond donors (Lipinski definition) is 2. The fraction of sp³-hybridized carbons (Fsp3) is 0.462. The van der Waals surface area contributed by atoms with Crippen molar-refractivity contribution in [2.75, 3.05) is 13.1 Å². The molecule has 92 valence electrons. The number of carbonyl (C=O) groups is 1. The normalized spacial score (nSPS) is 18.6. The average molecular weight is 233 g/mol. The fourth-order valence-electron chi connectivity index (χ4n) is 2.04. The quantitative estimate of drug-likeness (QED) is 0.825. The molecule has 1 atom stereocenters. The second kappa shape index (κ2) is 5.80. The highest BCUT2D eigenvalue weighted by atomic mass is 16.2. The van der Waals surface area contributed by atoms with Crippen molar-refractivity contribution in [3.05, 3.63) is 35.9 Å². The molecular weight excluding hydrogens is 214 g/mol. The van der Waals surface area contributed by atoms with Crippen molar-refractivity contribution in [3.63, 3.8) is 0 Å². The Morgan fingerprint density at radius 2 is 1.82 bits per heavy atom.